The van der Waals surface area contributed by atoms with Crippen molar-refractivity contribution < 1.29 is 9.53 Å². The van der Waals surface area contributed by atoms with Crippen LogP contribution in [-0.2, 0) is 24.0 Å². The minimum atomic E-state index is -0.268. The minimum Gasteiger partial charge on any atom is -0.465 e. The molecule has 0 aliphatic heterocycles. The van der Waals surface area contributed by atoms with E-state index in [2.05, 4.69) is 25.1 Å². The van der Waals surface area contributed by atoms with Gasteiger partial charge in [-0.1, -0.05) is 35.9 Å². The Labute approximate surface area is 138 Å². The van der Waals surface area contributed by atoms with Gasteiger partial charge >= 0.3 is 5.97 Å². The van der Waals surface area contributed by atoms with E-state index in [1.54, 1.807) is 5.56 Å². The fourth-order valence-corrected chi connectivity index (χ4v) is 3.50. The summed E-state index contributed by atoms with van der Waals surface area (Å²) in [7, 11) is 1.42. The molecule has 2 nitrogen and oxygen atoms in total. The zero-order valence-corrected chi connectivity index (χ0v) is 14.0. The van der Waals surface area contributed by atoms with Gasteiger partial charge in [-0.15, -0.1) is 0 Å². The molecule has 0 saturated heterocycles. The number of esters is 1. The van der Waals surface area contributed by atoms with Crippen LogP contribution in [0.2, 0.25) is 0 Å². The molecular formula is C21H24O2. The van der Waals surface area contributed by atoms with Gasteiger partial charge in [0.1, 0.15) is 0 Å². The predicted octanol–water partition coefficient (Wildman–Crippen LogP) is 4.52. The van der Waals surface area contributed by atoms with Crippen molar-refractivity contribution >= 4 is 5.97 Å². The number of carbonyl (C=O) groups excluding carboxylic acids is 1. The van der Waals surface area contributed by atoms with Crippen molar-refractivity contribution in [2.24, 2.45) is 5.92 Å². The summed E-state index contributed by atoms with van der Waals surface area (Å²) in [5.41, 5.74) is 6.37. The van der Waals surface area contributed by atoms with E-state index >= 15 is 0 Å². The van der Waals surface area contributed by atoms with Crippen molar-refractivity contribution in [3.8, 4) is 0 Å². The van der Waals surface area contributed by atoms with Gasteiger partial charge in [-0.05, 0) is 73.8 Å². The SMILES string of the molecule is COC(=O)c1ccc(CCC2CCc3cc(C)ccc3C2)cc1. The molecule has 23 heavy (non-hydrogen) atoms. The summed E-state index contributed by atoms with van der Waals surface area (Å²) in [6, 6.07) is 14.7. The second kappa shape index (κ2) is 6.99. The van der Waals surface area contributed by atoms with E-state index < -0.39 is 0 Å². The van der Waals surface area contributed by atoms with E-state index in [4.69, 9.17) is 4.74 Å². The molecule has 1 unspecified atom stereocenters. The molecule has 1 aliphatic carbocycles. The summed E-state index contributed by atoms with van der Waals surface area (Å²) in [6.07, 6.45) is 5.99. The van der Waals surface area contributed by atoms with E-state index in [0.717, 1.165) is 12.3 Å². The summed E-state index contributed by atoms with van der Waals surface area (Å²) in [5, 5.41) is 0. The number of hydrogen-bond acceptors (Lipinski definition) is 2. The van der Waals surface area contributed by atoms with E-state index in [1.165, 1.54) is 49.5 Å². The first-order valence-corrected chi connectivity index (χ1v) is 8.41. The van der Waals surface area contributed by atoms with Crippen molar-refractivity contribution in [3.05, 3.63) is 70.3 Å². The average molecular weight is 308 g/mol. The smallest absolute Gasteiger partial charge is 0.337 e. The van der Waals surface area contributed by atoms with E-state index in [0.29, 0.717) is 5.56 Å². The number of methoxy groups -OCH3 is 1. The first-order chi connectivity index (χ1) is 11.2. The van der Waals surface area contributed by atoms with Gasteiger partial charge in [0.25, 0.3) is 0 Å². The summed E-state index contributed by atoms with van der Waals surface area (Å²) >= 11 is 0. The quantitative estimate of drug-likeness (QED) is 0.776. The Bertz CT molecular complexity index is 685. The Kier molecular flexibility index (Phi) is 4.80. The molecule has 0 fully saturated rings. The maximum atomic E-state index is 11.4. The van der Waals surface area contributed by atoms with Crippen LogP contribution in [0.25, 0.3) is 0 Å². The molecule has 3 rings (SSSR count). The van der Waals surface area contributed by atoms with Crippen molar-refractivity contribution in [3.63, 3.8) is 0 Å². The number of fused-ring (bicyclic) bond motifs is 1. The molecule has 0 spiro atoms. The van der Waals surface area contributed by atoms with Crippen LogP contribution >= 0.6 is 0 Å². The van der Waals surface area contributed by atoms with Crippen LogP contribution in [0.4, 0.5) is 0 Å². The van der Waals surface area contributed by atoms with Crippen LogP contribution < -0.4 is 0 Å². The lowest BCUT2D eigenvalue weighted by Gasteiger charge is -2.25. The summed E-state index contributed by atoms with van der Waals surface area (Å²) < 4.78 is 4.73. The molecule has 0 radical (unpaired) electrons. The third kappa shape index (κ3) is 3.82. The van der Waals surface area contributed by atoms with Gasteiger partial charge in [-0.25, -0.2) is 4.79 Å². The van der Waals surface area contributed by atoms with Crippen LogP contribution in [0.1, 0.15) is 45.5 Å². The topological polar surface area (TPSA) is 26.3 Å². The second-order valence-corrected chi connectivity index (χ2v) is 6.61. The maximum absolute atomic E-state index is 11.4. The summed E-state index contributed by atoms with van der Waals surface area (Å²) in [6.45, 7) is 2.17. The molecule has 1 atom stereocenters. The van der Waals surface area contributed by atoms with Crippen LogP contribution in [0.3, 0.4) is 0 Å². The van der Waals surface area contributed by atoms with Gasteiger partial charge in [0.2, 0.25) is 0 Å². The van der Waals surface area contributed by atoms with Crippen LogP contribution in [0.5, 0.6) is 0 Å². The van der Waals surface area contributed by atoms with Crippen LogP contribution in [-0.4, -0.2) is 13.1 Å². The van der Waals surface area contributed by atoms with E-state index in [1.807, 2.05) is 24.3 Å². The highest BCUT2D eigenvalue weighted by molar-refractivity contribution is 5.89. The van der Waals surface area contributed by atoms with Gasteiger partial charge in [0, 0.05) is 0 Å². The molecule has 0 N–H and O–H groups in total. The Morgan fingerprint density at radius 1 is 1.13 bits per heavy atom. The molecule has 0 heterocycles. The Morgan fingerprint density at radius 2 is 1.91 bits per heavy atom. The third-order valence-electron chi connectivity index (χ3n) is 4.91. The largest absolute Gasteiger partial charge is 0.465 e. The van der Waals surface area contributed by atoms with Gasteiger partial charge in [0.15, 0.2) is 0 Å². The zero-order chi connectivity index (χ0) is 16.2. The highest BCUT2D eigenvalue weighted by Gasteiger charge is 2.18. The second-order valence-electron chi connectivity index (χ2n) is 6.61. The number of carbonyl (C=O) groups is 1. The zero-order valence-electron chi connectivity index (χ0n) is 14.0. The Morgan fingerprint density at radius 3 is 2.65 bits per heavy atom. The maximum Gasteiger partial charge on any atom is 0.337 e. The Hall–Kier alpha value is -2.09. The number of aryl methyl sites for hydroxylation is 3. The van der Waals surface area contributed by atoms with Crippen molar-refractivity contribution in [1.82, 2.24) is 0 Å². The number of hydrogen-bond donors (Lipinski definition) is 0. The molecule has 2 aromatic rings. The Balaban J connectivity index is 1.57. The fourth-order valence-electron chi connectivity index (χ4n) is 3.50. The molecule has 2 heteroatoms. The van der Waals surface area contributed by atoms with Crippen molar-refractivity contribution in [2.75, 3.05) is 7.11 Å². The highest BCUT2D eigenvalue weighted by atomic mass is 16.5. The highest BCUT2D eigenvalue weighted by Crippen LogP contribution is 2.29. The predicted molar refractivity (Wildman–Crippen MR) is 92.8 cm³/mol. The number of benzene rings is 2. The first-order valence-electron chi connectivity index (χ1n) is 8.41. The standard InChI is InChI=1S/C21H24O2/c1-15-3-9-20-14-17(8-12-19(20)13-15)5-4-16-6-10-18(11-7-16)21(22)23-2/h3,6-7,9-11,13,17H,4-5,8,12,14H2,1-2H3. The van der Waals surface area contributed by atoms with E-state index in [9.17, 15) is 4.79 Å². The first kappa shape index (κ1) is 15.8. The van der Waals surface area contributed by atoms with Gasteiger partial charge in [-0.2, -0.15) is 0 Å². The lowest BCUT2D eigenvalue weighted by molar-refractivity contribution is 0.0600. The molecular weight excluding hydrogens is 284 g/mol. The van der Waals surface area contributed by atoms with Crippen LogP contribution in [0.15, 0.2) is 42.5 Å². The minimum absolute atomic E-state index is 0.268. The molecule has 2 aromatic carbocycles. The monoisotopic (exact) mass is 308 g/mol. The normalized spacial score (nSPS) is 16.7. The van der Waals surface area contributed by atoms with Gasteiger partial charge < -0.3 is 4.74 Å². The van der Waals surface area contributed by atoms with Crippen molar-refractivity contribution in [2.45, 2.75) is 39.0 Å². The van der Waals surface area contributed by atoms with Crippen molar-refractivity contribution in [1.29, 1.82) is 0 Å². The lowest BCUT2D eigenvalue weighted by Crippen LogP contribution is -2.15. The van der Waals surface area contributed by atoms with E-state index in [-0.39, 0.29) is 5.97 Å². The lowest BCUT2D eigenvalue weighted by atomic mass is 9.80. The van der Waals surface area contributed by atoms with Gasteiger partial charge in [-0.3, -0.25) is 0 Å². The number of ether oxygens (including phenoxy) is 1. The molecule has 120 valence electrons. The average Bonchev–Trinajstić information content (AvgIpc) is 2.59. The third-order valence-corrected chi connectivity index (χ3v) is 4.91. The van der Waals surface area contributed by atoms with Gasteiger partial charge in [0.05, 0.1) is 12.7 Å². The summed E-state index contributed by atoms with van der Waals surface area (Å²) in [5.74, 6) is 0.501. The molecule has 0 aromatic heterocycles. The molecule has 0 bridgehead atoms. The molecule has 1 aliphatic rings. The number of rotatable bonds is 4. The molecule has 0 saturated carbocycles. The molecule has 0 amide bonds. The summed E-state index contributed by atoms with van der Waals surface area (Å²) in [4.78, 5) is 11.4. The fraction of sp³-hybridized carbons (Fsp3) is 0.381. The van der Waals surface area contributed by atoms with Crippen LogP contribution in [0, 0.1) is 12.8 Å².